The van der Waals surface area contributed by atoms with Crippen LogP contribution in [0.1, 0.15) is 19.4 Å². The summed E-state index contributed by atoms with van der Waals surface area (Å²) in [7, 11) is -4.69. The predicted octanol–water partition coefficient (Wildman–Crippen LogP) is 0.845. The Labute approximate surface area is 132 Å². The van der Waals surface area contributed by atoms with Gasteiger partial charge in [-0.3, -0.25) is 9.00 Å². The molecule has 0 bridgehead atoms. The lowest BCUT2D eigenvalue weighted by molar-refractivity contribution is -0.136. The molecule has 0 aliphatic carbocycles. The minimum Gasteiger partial charge on any atom is -0.481 e. The molecule has 0 radical (unpaired) electrons. The molecular formula is C14H19NO5S2. The molecule has 1 aliphatic rings. The summed E-state index contributed by atoms with van der Waals surface area (Å²) in [5.74, 6) is -0.321. The molecule has 1 heterocycles. The van der Waals surface area contributed by atoms with Crippen molar-refractivity contribution in [3.05, 3.63) is 29.8 Å². The van der Waals surface area contributed by atoms with Gasteiger partial charge in [0.05, 0.1) is 11.3 Å². The first kappa shape index (κ1) is 17.1. The Kier molecular flexibility index (Phi) is 4.74. The molecule has 1 unspecified atom stereocenters. The van der Waals surface area contributed by atoms with Crippen molar-refractivity contribution in [3.63, 3.8) is 0 Å². The Bertz CT molecular complexity index is 694. The molecule has 1 fully saturated rings. The molecule has 1 atom stereocenters. The highest BCUT2D eigenvalue weighted by Gasteiger charge is 2.41. The van der Waals surface area contributed by atoms with E-state index in [2.05, 4.69) is 0 Å². The molecule has 1 aromatic carbocycles. The maximum atomic E-state index is 12.8. The van der Waals surface area contributed by atoms with E-state index in [0.29, 0.717) is 17.1 Å². The van der Waals surface area contributed by atoms with Crippen LogP contribution >= 0.6 is 0 Å². The third-order valence-corrected chi connectivity index (χ3v) is 7.37. The summed E-state index contributed by atoms with van der Waals surface area (Å²) >= 11 is 0. The van der Waals surface area contributed by atoms with E-state index in [4.69, 9.17) is 5.11 Å². The van der Waals surface area contributed by atoms with Gasteiger partial charge in [-0.15, -0.1) is 0 Å². The Hall–Kier alpha value is -1.25. The van der Waals surface area contributed by atoms with Crippen LogP contribution in [0.3, 0.4) is 0 Å². The highest BCUT2D eigenvalue weighted by molar-refractivity contribution is 7.89. The van der Waals surface area contributed by atoms with Crippen LogP contribution in [0.25, 0.3) is 0 Å². The lowest BCUT2D eigenvalue weighted by Gasteiger charge is -2.40. The SMILES string of the molecule is CC1(C)CS(=O)CCN1S(=O)(=O)c1ccc(CC(=O)O)cc1. The first-order chi connectivity index (χ1) is 10.1. The standard InChI is InChI=1S/C14H19NO5S2/c1-14(2)10-21(18)8-7-15(14)22(19,20)12-5-3-11(4-6-12)9-13(16)17/h3-6H,7-10H2,1-2H3,(H,16,17). The molecule has 6 nitrogen and oxygen atoms in total. The van der Waals surface area contributed by atoms with Crippen molar-refractivity contribution in [2.45, 2.75) is 30.7 Å². The largest absolute Gasteiger partial charge is 0.481 e. The number of rotatable bonds is 4. The fourth-order valence-corrected chi connectivity index (χ4v) is 6.01. The van der Waals surface area contributed by atoms with Crippen molar-refractivity contribution in [1.82, 2.24) is 4.31 Å². The number of carboxylic acids is 1. The second-order valence-electron chi connectivity index (χ2n) is 5.89. The molecule has 8 heteroatoms. The highest BCUT2D eigenvalue weighted by Crippen LogP contribution is 2.28. The van der Waals surface area contributed by atoms with E-state index in [9.17, 15) is 17.4 Å². The minimum atomic E-state index is -3.69. The lowest BCUT2D eigenvalue weighted by Crippen LogP contribution is -2.56. The Morgan fingerprint density at radius 3 is 2.41 bits per heavy atom. The zero-order valence-electron chi connectivity index (χ0n) is 12.5. The summed E-state index contributed by atoms with van der Waals surface area (Å²) in [5, 5.41) is 8.74. The molecule has 22 heavy (non-hydrogen) atoms. The molecular weight excluding hydrogens is 326 g/mol. The van der Waals surface area contributed by atoms with Gasteiger partial charge in [0.25, 0.3) is 0 Å². The van der Waals surface area contributed by atoms with E-state index in [0.717, 1.165) is 0 Å². The van der Waals surface area contributed by atoms with Crippen LogP contribution in [0.5, 0.6) is 0 Å². The molecule has 122 valence electrons. The smallest absolute Gasteiger partial charge is 0.307 e. The van der Waals surface area contributed by atoms with Gasteiger partial charge in [-0.25, -0.2) is 8.42 Å². The number of nitrogens with zero attached hydrogens (tertiary/aromatic N) is 1. The number of aliphatic carboxylic acids is 1. The van der Waals surface area contributed by atoms with E-state index in [1.807, 2.05) is 0 Å². The summed E-state index contributed by atoms with van der Waals surface area (Å²) in [6.07, 6.45) is -0.144. The van der Waals surface area contributed by atoms with Gasteiger partial charge in [0.15, 0.2) is 0 Å². The van der Waals surface area contributed by atoms with Crippen LogP contribution in [0.15, 0.2) is 29.2 Å². The number of carboxylic acid groups (broad SMARTS) is 1. The van der Waals surface area contributed by atoms with Crippen molar-refractivity contribution in [3.8, 4) is 0 Å². The van der Waals surface area contributed by atoms with Crippen molar-refractivity contribution in [2.24, 2.45) is 0 Å². The Morgan fingerprint density at radius 2 is 1.91 bits per heavy atom. The number of hydrogen-bond donors (Lipinski definition) is 1. The molecule has 0 saturated carbocycles. The second-order valence-corrected chi connectivity index (χ2v) is 9.33. The van der Waals surface area contributed by atoms with Crippen molar-refractivity contribution >= 4 is 26.8 Å². The normalized spacial score (nSPS) is 22.4. The van der Waals surface area contributed by atoms with Gasteiger partial charge in [0.2, 0.25) is 10.0 Å². The van der Waals surface area contributed by atoms with Gasteiger partial charge in [0, 0.05) is 34.4 Å². The first-order valence-corrected chi connectivity index (χ1v) is 9.74. The van der Waals surface area contributed by atoms with E-state index in [1.165, 1.54) is 28.6 Å². The number of hydrogen-bond acceptors (Lipinski definition) is 4. The van der Waals surface area contributed by atoms with E-state index < -0.39 is 32.3 Å². The third kappa shape index (κ3) is 3.56. The molecule has 1 aliphatic heterocycles. The summed E-state index contributed by atoms with van der Waals surface area (Å²) in [6, 6.07) is 5.87. The fourth-order valence-electron chi connectivity index (χ4n) is 2.55. The van der Waals surface area contributed by atoms with Crippen LogP contribution < -0.4 is 0 Å². The van der Waals surface area contributed by atoms with Crippen LogP contribution in [-0.2, 0) is 32.0 Å². The van der Waals surface area contributed by atoms with Crippen LogP contribution in [0.4, 0.5) is 0 Å². The predicted molar refractivity (Wildman–Crippen MR) is 83.6 cm³/mol. The number of carbonyl (C=O) groups is 1. The molecule has 0 aromatic heterocycles. The second kappa shape index (κ2) is 6.10. The number of benzene rings is 1. The van der Waals surface area contributed by atoms with Crippen molar-refractivity contribution in [1.29, 1.82) is 0 Å². The quantitative estimate of drug-likeness (QED) is 0.873. The van der Waals surface area contributed by atoms with E-state index in [1.54, 1.807) is 13.8 Å². The zero-order chi connectivity index (χ0) is 16.5. The van der Waals surface area contributed by atoms with Gasteiger partial charge < -0.3 is 5.11 Å². The molecule has 1 aromatic rings. The van der Waals surface area contributed by atoms with Crippen LogP contribution in [-0.4, -0.2) is 51.6 Å². The molecule has 2 rings (SSSR count). The summed E-state index contributed by atoms with van der Waals surface area (Å²) in [4.78, 5) is 10.8. The third-order valence-electron chi connectivity index (χ3n) is 3.58. The van der Waals surface area contributed by atoms with Crippen molar-refractivity contribution < 1.29 is 22.5 Å². The van der Waals surface area contributed by atoms with Gasteiger partial charge >= 0.3 is 5.97 Å². The van der Waals surface area contributed by atoms with Crippen LogP contribution in [0.2, 0.25) is 0 Å². The van der Waals surface area contributed by atoms with Crippen LogP contribution in [0, 0.1) is 0 Å². The minimum absolute atomic E-state index is 0.127. The fraction of sp³-hybridized carbons (Fsp3) is 0.500. The van der Waals surface area contributed by atoms with Gasteiger partial charge in [-0.05, 0) is 31.5 Å². The summed E-state index contributed by atoms with van der Waals surface area (Å²) in [5.41, 5.74) is -0.160. The lowest BCUT2D eigenvalue weighted by atomic mass is 10.1. The van der Waals surface area contributed by atoms with E-state index >= 15 is 0 Å². The van der Waals surface area contributed by atoms with Crippen molar-refractivity contribution in [2.75, 3.05) is 18.1 Å². The zero-order valence-corrected chi connectivity index (χ0v) is 14.1. The molecule has 1 saturated heterocycles. The summed E-state index contributed by atoms with van der Waals surface area (Å²) < 4.78 is 38.6. The average Bonchev–Trinajstić information content (AvgIpc) is 2.36. The molecule has 0 amide bonds. The maximum absolute atomic E-state index is 12.8. The molecule has 1 N–H and O–H groups in total. The summed E-state index contributed by atoms with van der Waals surface area (Å²) in [6.45, 7) is 3.75. The highest BCUT2D eigenvalue weighted by atomic mass is 32.2. The van der Waals surface area contributed by atoms with Gasteiger partial charge in [-0.2, -0.15) is 4.31 Å². The maximum Gasteiger partial charge on any atom is 0.307 e. The first-order valence-electron chi connectivity index (χ1n) is 6.81. The Balaban J connectivity index is 2.30. The Morgan fingerprint density at radius 1 is 1.32 bits per heavy atom. The topological polar surface area (TPSA) is 91.8 Å². The van der Waals surface area contributed by atoms with Gasteiger partial charge in [-0.1, -0.05) is 12.1 Å². The number of sulfonamides is 1. The van der Waals surface area contributed by atoms with E-state index in [-0.39, 0.29) is 17.9 Å². The average molecular weight is 345 g/mol. The monoisotopic (exact) mass is 345 g/mol. The molecule has 0 spiro atoms. The van der Waals surface area contributed by atoms with Gasteiger partial charge in [0.1, 0.15) is 0 Å².